The molecule has 6 heteroatoms. The van der Waals surface area contributed by atoms with Crippen molar-refractivity contribution in [3.05, 3.63) is 28.7 Å². The topological polar surface area (TPSA) is 57.6 Å². The fourth-order valence-electron chi connectivity index (χ4n) is 2.07. The first kappa shape index (κ1) is 13.0. The van der Waals surface area contributed by atoms with Gasteiger partial charge in [0.15, 0.2) is 0 Å². The number of halogens is 1. The molecular formula is C11H14BrNO3S. The summed E-state index contributed by atoms with van der Waals surface area (Å²) in [6.07, 6.45) is 1.53. The number of hydrogen-bond donors (Lipinski definition) is 1. The zero-order chi connectivity index (χ0) is 12.5. The maximum absolute atomic E-state index is 12.3. The lowest BCUT2D eigenvalue weighted by atomic mass is 10.2. The summed E-state index contributed by atoms with van der Waals surface area (Å²) in [7, 11) is -3.48. The molecule has 0 unspecified atom stereocenters. The lowest BCUT2D eigenvalue weighted by Crippen LogP contribution is -2.37. The fraction of sp³-hybridized carbons (Fsp3) is 0.455. The maximum Gasteiger partial charge on any atom is 0.243 e. The Hall–Kier alpha value is -0.430. The van der Waals surface area contributed by atoms with Gasteiger partial charge in [0, 0.05) is 17.1 Å². The molecule has 17 heavy (non-hydrogen) atoms. The SMILES string of the molecule is O=S(=O)(c1cccc(Br)c1)N1CCC[C@@H]1CO. The van der Waals surface area contributed by atoms with Crippen LogP contribution in [0.2, 0.25) is 0 Å². The third-order valence-electron chi connectivity index (χ3n) is 2.94. The van der Waals surface area contributed by atoms with Gasteiger partial charge in [-0.05, 0) is 31.0 Å². The smallest absolute Gasteiger partial charge is 0.243 e. The molecule has 0 radical (unpaired) electrons. The van der Waals surface area contributed by atoms with Crippen molar-refractivity contribution in [2.24, 2.45) is 0 Å². The van der Waals surface area contributed by atoms with Crippen molar-refractivity contribution in [1.82, 2.24) is 4.31 Å². The van der Waals surface area contributed by atoms with Gasteiger partial charge in [-0.1, -0.05) is 22.0 Å². The summed E-state index contributed by atoms with van der Waals surface area (Å²) < 4.78 is 26.8. The molecule has 0 amide bonds. The number of benzene rings is 1. The van der Waals surface area contributed by atoms with E-state index in [-0.39, 0.29) is 17.5 Å². The highest BCUT2D eigenvalue weighted by Crippen LogP contribution is 2.27. The molecule has 1 aromatic rings. The van der Waals surface area contributed by atoms with Gasteiger partial charge in [-0.25, -0.2) is 8.42 Å². The Labute approximate surface area is 109 Å². The zero-order valence-corrected chi connectivity index (χ0v) is 11.6. The number of aliphatic hydroxyl groups excluding tert-OH is 1. The number of hydrogen-bond acceptors (Lipinski definition) is 3. The van der Waals surface area contributed by atoms with E-state index in [1.165, 1.54) is 4.31 Å². The minimum atomic E-state index is -3.48. The van der Waals surface area contributed by atoms with Crippen molar-refractivity contribution in [2.45, 2.75) is 23.8 Å². The van der Waals surface area contributed by atoms with Crippen LogP contribution in [0.1, 0.15) is 12.8 Å². The highest BCUT2D eigenvalue weighted by Gasteiger charge is 2.34. The van der Waals surface area contributed by atoms with Gasteiger partial charge in [0.05, 0.1) is 11.5 Å². The van der Waals surface area contributed by atoms with E-state index in [0.29, 0.717) is 6.54 Å². The van der Waals surface area contributed by atoms with Crippen molar-refractivity contribution in [1.29, 1.82) is 0 Å². The predicted molar refractivity (Wildman–Crippen MR) is 68.1 cm³/mol. The van der Waals surface area contributed by atoms with Crippen LogP contribution in [0.3, 0.4) is 0 Å². The molecule has 1 N–H and O–H groups in total. The van der Waals surface area contributed by atoms with Crippen LogP contribution < -0.4 is 0 Å². The molecule has 1 aliphatic heterocycles. The normalized spacial score (nSPS) is 21.9. The molecule has 94 valence electrons. The highest BCUT2D eigenvalue weighted by atomic mass is 79.9. The molecule has 1 heterocycles. The largest absolute Gasteiger partial charge is 0.395 e. The molecule has 1 aliphatic rings. The molecule has 4 nitrogen and oxygen atoms in total. The van der Waals surface area contributed by atoms with E-state index in [0.717, 1.165) is 17.3 Å². The molecule has 0 aromatic heterocycles. The van der Waals surface area contributed by atoms with Crippen molar-refractivity contribution in [3.8, 4) is 0 Å². The van der Waals surface area contributed by atoms with Crippen molar-refractivity contribution < 1.29 is 13.5 Å². The Bertz CT molecular complexity index is 503. The fourth-order valence-corrected chi connectivity index (χ4v) is 4.35. The molecule has 1 saturated heterocycles. The third-order valence-corrected chi connectivity index (χ3v) is 5.38. The minimum Gasteiger partial charge on any atom is -0.395 e. The van der Waals surface area contributed by atoms with E-state index < -0.39 is 10.0 Å². The Morgan fingerprint density at radius 1 is 1.47 bits per heavy atom. The van der Waals surface area contributed by atoms with E-state index in [1.807, 2.05) is 0 Å². The van der Waals surface area contributed by atoms with Gasteiger partial charge in [0.2, 0.25) is 10.0 Å². The van der Waals surface area contributed by atoms with Crippen LogP contribution in [0.4, 0.5) is 0 Å². The number of aliphatic hydroxyl groups is 1. The molecule has 0 saturated carbocycles. The second kappa shape index (κ2) is 5.06. The molecule has 0 spiro atoms. The van der Waals surface area contributed by atoms with E-state index in [1.54, 1.807) is 24.3 Å². The van der Waals surface area contributed by atoms with Gasteiger partial charge < -0.3 is 5.11 Å². The van der Waals surface area contributed by atoms with Crippen LogP contribution in [-0.4, -0.2) is 37.0 Å². The number of sulfonamides is 1. The van der Waals surface area contributed by atoms with Crippen LogP contribution >= 0.6 is 15.9 Å². The highest BCUT2D eigenvalue weighted by molar-refractivity contribution is 9.10. The van der Waals surface area contributed by atoms with Gasteiger partial charge >= 0.3 is 0 Å². The third kappa shape index (κ3) is 2.54. The summed E-state index contributed by atoms with van der Waals surface area (Å²) in [5.74, 6) is 0. The average molecular weight is 320 g/mol. The van der Waals surface area contributed by atoms with Crippen LogP contribution in [0.15, 0.2) is 33.6 Å². The summed E-state index contributed by atoms with van der Waals surface area (Å²) in [5.41, 5.74) is 0. The van der Waals surface area contributed by atoms with Crippen LogP contribution in [-0.2, 0) is 10.0 Å². The van der Waals surface area contributed by atoms with E-state index >= 15 is 0 Å². The molecule has 1 atom stereocenters. The second-order valence-corrected chi connectivity index (χ2v) is 6.86. The van der Waals surface area contributed by atoms with Crippen LogP contribution in [0.25, 0.3) is 0 Å². The number of nitrogens with zero attached hydrogens (tertiary/aromatic N) is 1. The van der Waals surface area contributed by atoms with Crippen LogP contribution in [0.5, 0.6) is 0 Å². The summed E-state index contributed by atoms with van der Waals surface area (Å²) >= 11 is 3.26. The first-order valence-corrected chi connectivity index (χ1v) is 7.67. The lowest BCUT2D eigenvalue weighted by Gasteiger charge is -2.22. The monoisotopic (exact) mass is 319 g/mol. The van der Waals surface area contributed by atoms with Gasteiger partial charge in [-0.2, -0.15) is 4.31 Å². The lowest BCUT2D eigenvalue weighted by molar-refractivity contribution is 0.213. The summed E-state index contributed by atoms with van der Waals surface area (Å²) in [6.45, 7) is 0.368. The zero-order valence-electron chi connectivity index (χ0n) is 9.21. The molecular weight excluding hydrogens is 306 g/mol. The molecule has 0 aliphatic carbocycles. The van der Waals surface area contributed by atoms with Gasteiger partial charge in [-0.15, -0.1) is 0 Å². The molecule has 1 fully saturated rings. The average Bonchev–Trinajstić information content (AvgIpc) is 2.77. The standard InChI is InChI=1S/C11H14BrNO3S/c12-9-3-1-5-11(7-9)17(15,16)13-6-2-4-10(13)8-14/h1,3,5,7,10,14H,2,4,6,8H2/t10-/m1/s1. The number of rotatable bonds is 3. The van der Waals surface area contributed by atoms with E-state index in [2.05, 4.69) is 15.9 Å². The minimum absolute atomic E-state index is 0.118. The summed E-state index contributed by atoms with van der Waals surface area (Å²) in [5, 5.41) is 9.19. The molecule has 2 rings (SSSR count). The molecule has 0 bridgehead atoms. The Kier molecular flexibility index (Phi) is 3.87. The maximum atomic E-state index is 12.3. The Balaban J connectivity index is 2.36. The van der Waals surface area contributed by atoms with Crippen LogP contribution in [0, 0.1) is 0 Å². The Morgan fingerprint density at radius 3 is 2.88 bits per heavy atom. The molecule has 1 aromatic carbocycles. The quantitative estimate of drug-likeness (QED) is 0.920. The van der Waals surface area contributed by atoms with E-state index in [4.69, 9.17) is 0 Å². The van der Waals surface area contributed by atoms with Gasteiger partial charge in [-0.3, -0.25) is 0 Å². The predicted octanol–water partition coefficient (Wildman–Crippen LogP) is 1.59. The van der Waals surface area contributed by atoms with Crippen molar-refractivity contribution >= 4 is 26.0 Å². The second-order valence-electron chi connectivity index (χ2n) is 4.05. The summed E-state index contributed by atoms with van der Waals surface area (Å²) in [4.78, 5) is 0.271. The summed E-state index contributed by atoms with van der Waals surface area (Å²) in [6, 6.07) is 6.36. The first-order chi connectivity index (χ1) is 8.05. The van der Waals surface area contributed by atoms with Crippen molar-refractivity contribution in [3.63, 3.8) is 0 Å². The first-order valence-electron chi connectivity index (χ1n) is 5.44. The Morgan fingerprint density at radius 2 is 2.24 bits per heavy atom. The van der Waals surface area contributed by atoms with E-state index in [9.17, 15) is 13.5 Å². The van der Waals surface area contributed by atoms with Crippen molar-refractivity contribution in [2.75, 3.05) is 13.2 Å². The van der Waals surface area contributed by atoms with Gasteiger partial charge in [0.1, 0.15) is 0 Å². The van der Waals surface area contributed by atoms with Gasteiger partial charge in [0.25, 0.3) is 0 Å².